The summed E-state index contributed by atoms with van der Waals surface area (Å²) in [6.45, 7) is 1.97. The lowest BCUT2D eigenvalue weighted by atomic mass is 10.6. The van der Waals surface area contributed by atoms with E-state index in [0.29, 0.717) is 0 Å². The molecule has 0 saturated carbocycles. The van der Waals surface area contributed by atoms with E-state index in [4.69, 9.17) is 0 Å². The molecule has 0 unspecified atom stereocenters. The Bertz CT molecular complexity index is 292. The summed E-state index contributed by atoms with van der Waals surface area (Å²) in [5.41, 5.74) is 0. The van der Waals surface area contributed by atoms with Crippen LogP contribution in [0.25, 0.3) is 0 Å². The molecule has 116 valence electrons. The van der Waals surface area contributed by atoms with Gasteiger partial charge in [-0.15, -0.1) is 0 Å². The van der Waals surface area contributed by atoms with Crippen LogP contribution < -0.4 is 0 Å². The van der Waals surface area contributed by atoms with Gasteiger partial charge in [0.25, 0.3) is 0 Å². The molecule has 0 rings (SSSR count). The van der Waals surface area contributed by atoms with E-state index in [1.807, 2.05) is 33.0 Å². The summed E-state index contributed by atoms with van der Waals surface area (Å²) in [5, 5.41) is 0. The Balaban J connectivity index is 0. The Kier molecular flexibility index (Phi) is 10.4. The van der Waals surface area contributed by atoms with Crippen LogP contribution in [0.3, 0.4) is 0 Å². The summed E-state index contributed by atoms with van der Waals surface area (Å²) < 4.78 is 11.1. The van der Waals surface area contributed by atoms with Crippen LogP contribution in [0.5, 0.6) is 0 Å². The first-order chi connectivity index (χ1) is 8.57. The van der Waals surface area contributed by atoms with E-state index in [-0.39, 0.29) is 0 Å². The van der Waals surface area contributed by atoms with Crippen molar-refractivity contribution < 1.29 is 0 Å². The first kappa shape index (κ1) is 20.9. The zero-order valence-corrected chi connectivity index (χ0v) is 15.5. The van der Waals surface area contributed by atoms with Crippen molar-refractivity contribution in [2.45, 2.75) is 6.92 Å². The van der Waals surface area contributed by atoms with Crippen LogP contribution >= 0.6 is 7.51 Å². The second-order valence-electron chi connectivity index (χ2n) is 4.94. The molecule has 0 N–H and O–H groups in total. The molecule has 0 aromatic rings. The molecule has 6 nitrogen and oxygen atoms in total. The highest BCUT2D eigenvalue weighted by Gasteiger charge is 2.26. The molecule has 0 saturated heterocycles. The second kappa shape index (κ2) is 9.48. The Morgan fingerprint density at radius 1 is 0.737 bits per heavy atom. The van der Waals surface area contributed by atoms with Crippen LogP contribution in [-0.2, 0) is 0 Å². The van der Waals surface area contributed by atoms with Crippen LogP contribution in [0.4, 0.5) is 0 Å². The van der Waals surface area contributed by atoms with Gasteiger partial charge in [0, 0.05) is 28.2 Å². The molecule has 0 spiro atoms. The van der Waals surface area contributed by atoms with Crippen LogP contribution in [0, 0.1) is 0 Å². The van der Waals surface area contributed by atoms with Gasteiger partial charge in [-0.3, -0.25) is 23.7 Å². The molecule has 0 aliphatic heterocycles. The van der Waals surface area contributed by atoms with Crippen molar-refractivity contribution in [3.05, 3.63) is 0 Å². The molecule has 0 aliphatic rings. The lowest BCUT2D eigenvalue weighted by Gasteiger charge is -2.40. The van der Waals surface area contributed by atoms with Gasteiger partial charge >= 0.3 is 0 Å². The number of hydrogen-bond donors (Lipinski definition) is 0. The van der Waals surface area contributed by atoms with E-state index < -0.39 is 7.51 Å². The largest absolute Gasteiger partial charge is 0.367 e. The zero-order valence-electron chi connectivity index (χ0n) is 14.6. The third-order valence-electron chi connectivity index (χ3n) is 2.85. The van der Waals surface area contributed by atoms with Gasteiger partial charge in [-0.2, -0.15) is 0 Å². The molecule has 0 amide bonds. The third-order valence-corrected chi connectivity index (χ3v) is 6.61. The van der Waals surface area contributed by atoms with Crippen molar-refractivity contribution in [1.29, 1.82) is 0 Å². The normalized spacial score (nSPS) is 12.6. The summed E-state index contributed by atoms with van der Waals surface area (Å²) in [6.07, 6.45) is 0. The topological polar surface area (TPSA) is 37.7 Å². The molecule has 0 fully saturated rings. The van der Waals surface area contributed by atoms with Gasteiger partial charge < -0.3 is 4.90 Å². The fraction of sp³-hybridized carbons (Fsp3) is 0.917. The van der Waals surface area contributed by atoms with E-state index in [1.165, 1.54) is 0 Å². The van der Waals surface area contributed by atoms with Gasteiger partial charge in [0.05, 0.1) is 5.84 Å². The highest BCUT2D eigenvalue weighted by atomic mass is 31.2. The molecule has 19 heavy (non-hydrogen) atoms. The maximum absolute atomic E-state index is 4.51. The highest BCUT2D eigenvalue weighted by Crippen LogP contribution is 2.53. The van der Waals surface area contributed by atoms with Crippen LogP contribution in [-0.4, -0.2) is 95.2 Å². The molecular weight excluding hydrogens is 259 g/mol. The first-order valence-corrected chi connectivity index (χ1v) is 7.82. The number of hydrogen-bond acceptors (Lipinski definition) is 2. The van der Waals surface area contributed by atoms with Crippen molar-refractivity contribution in [1.82, 2.24) is 18.9 Å². The highest BCUT2D eigenvalue weighted by molar-refractivity contribution is 7.58. The van der Waals surface area contributed by atoms with Crippen molar-refractivity contribution in [2.75, 3.05) is 70.5 Å². The summed E-state index contributed by atoms with van der Waals surface area (Å²) >= 11 is 0. The lowest BCUT2D eigenvalue weighted by molar-refractivity contribution is 0.473. The SMILES string of the molecule is CN=C(C)N(C)C.CN=P(N(C)C)(N(C)C)N(C)C. The van der Waals surface area contributed by atoms with Crippen LogP contribution in [0.1, 0.15) is 6.92 Å². The minimum Gasteiger partial charge on any atom is -0.367 e. The average molecular weight is 292 g/mol. The maximum Gasteiger partial charge on any atom is 0.166 e. The minimum absolute atomic E-state index is 1.06. The Hall–Kier alpha value is -0.420. The molecule has 0 aromatic carbocycles. The van der Waals surface area contributed by atoms with E-state index in [0.717, 1.165) is 5.84 Å². The predicted octanol–water partition coefficient (Wildman–Crippen LogP) is 1.84. The van der Waals surface area contributed by atoms with Gasteiger partial charge in [0.15, 0.2) is 7.51 Å². The zero-order chi connectivity index (χ0) is 15.8. The Morgan fingerprint density at radius 2 is 1.05 bits per heavy atom. The molecular formula is C12H33N6P. The number of rotatable bonds is 3. The monoisotopic (exact) mass is 292 g/mol. The minimum atomic E-state index is -1.57. The molecule has 0 heterocycles. The summed E-state index contributed by atoms with van der Waals surface area (Å²) in [5.74, 6) is 1.06. The maximum atomic E-state index is 4.51. The van der Waals surface area contributed by atoms with Crippen molar-refractivity contribution in [3.63, 3.8) is 0 Å². The van der Waals surface area contributed by atoms with E-state index in [9.17, 15) is 0 Å². The number of amidine groups is 1. The van der Waals surface area contributed by atoms with Crippen molar-refractivity contribution in [3.8, 4) is 0 Å². The third kappa shape index (κ3) is 6.04. The molecule has 0 bridgehead atoms. The second-order valence-corrected chi connectivity index (χ2v) is 8.82. The lowest BCUT2D eigenvalue weighted by Crippen LogP contribution is -2.30. The van der Waals surface area contributed by atoms with Gasteiger partial charge in [0.1, 0.15) is 0 Å². The quantitative estimate of drug-likeness (QED) is 0.452. The van der Waals surface area contributed by atoms with Crippen LogP contribution in [0.2, 0.25) is 0 Å². The number of aliphatic imine (C=N–C) groups is 1. The number of nitrogens with zero attached hydrogens (tertiary/aromatic N) is 6. The standard InChI is InChI=1S/C7H21N4P.C5H12N2/c1-8-12(9(2)3,10(4)5)11(6)7;1-5(6-2)7(3)4/h1-7H3;1-4H3. The van der Waals surface area contributed by atoms with Gasteiger partial charge in [-0.05, 0) is 49.2 Å². The molecule has 0 radical (unpaired) electrons. The Morgan fingerprint density at radius 3 is 1.05 bits per heavy atom. The molecule has 0 aromatic heterocycles. The van der Waals surface area contributed by atoms with Crippen molar-refractivity contribution >= 4 is 13.3 Å². The van der Waals surface area contributed by atoms with E-state index in [1.54, 1.807) is 7.05 Å². The smallest absolute Gasteiger partial charge is 0.166 e. The summed E-state index contributed by atoms with van der Waals surface area (Å²) in [6, 6.07) is 0. The fourth-order valence-corrected chi connectivity index (χ4v) is 5.03. The van der Waals surface area contributed by atoms with Crippen LogP contribution in [0.15, 0.2) is 9.74 Å². The van der Waals surface area contributed by atoms with Crippen molar-refractivity contribution in [2.24, 2.45) is 9.74 Å². The fourth-order valence-electron chi connectivity index (χ4n) is 1.81. The summed E-state index contributed by atoms with van der Waals surface area (Å²) in [7, 11) is 18.5. The summed E-state index contributed by atoms with van der Waals surface area (Å²) in [4.78, 5) is 5.90. The molecule has 0 atom stereocenters. The molecule has 7 heteroatoms. The average Bonchev–Trinajstić information content (AvgIpc) is 2.28. The van der Waals surface area contributed by atoms with E-state index >= 15 is 0 Å². The Labute approximate surface area is 120 Å². The predicted molar refractivity (Wildman–Crippen MR) is 89.1 cm³/mol. The van der Waals surface area contributed by atoms with Gasteiger partial charge in [-0.1, -0.05) is 0 Å². The van der Waals surface area contributed by atoms with Gasteiger partial charge in [-0.25, -0.2) is 0 Å². The first-order valence-electron chi connectivity index (χ1n) is 6.22. The van der Waals surface area contributed by atoms with E-state index in [2.05, 4.69) is 66.0 Å². The molecule has 0 aliphatic carbocycles. The van der Waals surface area contributed by atoms with Gasteiger partial charge in [0.2, 0.25) is 0 Å².